The molecule has 0 aromatic heterocycles. The quantitative estimate of drug-likeness (QED) is 0.566. The average molecular weight is 442 g/mol. The Morgan fingerprint density at radius 3 is 2.59 bits per heavy atom. The molecule has 168 valence electrons. The van der Waals surface area contributed by atoms with E-state index in [4.69, 9.17) is 4.74 Å². The Bertz CT molecular complexity index is 1120. The van der Waals surface area contributed by atoms with Gasteiger partial charge in [-0.15, -0.1) is 0 Å². The number of halogens is 3. The third-order valence-corrected chi connectivity index (χ3v) is 6.07. The van der Waals surface area contributed by atoms with Crippen LogP contribution in [0, 0.1) is 6.92 Å². The number of benzene rings is 3. The average Bonchev–Trinajstić information content (AvgIpc) is 2.76. The number of likely N-dealkylation sites (N-methyl/N-ethyl adjacent to an activating group) is 1. The summed E-state index contributed by atoms with van der Waals surface area (Å²) in [5.41, 5.74) is 0.760. The van der Waals surface area contributed by atoms with E-state index in [0.717, 1.165) is 13.0 Å². The van der Waals surface area contributed by atoms with E-state index in [9.17, 15) is 18.0 Å². The summed E-state index contributed by atoms with van der Waals surface area (Å²) in [5, 5.41) is 3.35. The first-order valence-electron chi connectivity index (χ1n) is 10.5. The molecule has 3 aromatic carbocycles. The number of nitrogens with one attached hydrogen (secondary N) is 1. The monoisotopic (exact) mass is 442 g/mol. The van der Waals surface area contributed by atoms with E-state index in [2.05, 4.69) is 10.2 Å². The summed E-state index contributed by atoms with van der Waals surface area (Å²) >= 11 is 0. The van der Waals surface area contributed by atoms with E-state index in [1.165, 1.54) is 12.1 Å². The van der Waals surface area contributed by atoms with E-state index >= 15 is 0 Å². The van der Waals surface area contributed by atoms with Crippen LogP contribution in [0.25, 0.3) is 10.8 Å². The molecule has 0 aliphatic carbocycles. The summed E-state index contributed by atoms with van der Waals surface area (Å²) in [7, 11) is 2.01. The minimum absolute atomic E-state index is 0.0158. The number of ether oxygens (including phenoxy) is 1. The summed E-state index contributed by atoms with van der Waals surface area (Å²) < 4.78 is 47.9. The van der Waals surface area contributed by atoms with Crippen molar-refractivity contribution in [3.8, 4) is 5.75 Å². The molecule has 1 amide bonds. The molecule has 1 aliphatic rings. The molecule has 0 saturated carbocycles. The van der Waals surface area contributed by atoms with Gasteiger partial charge in [0.1, 0.15) is 12.4 Å². The third-order valence-electron chi connectivity index (χ3n) is 6.07. The van der Waals surface area contributed by atoms with E-state index in [-0.39, 0.29) is 11.1 Å². The number of amides is 1. The topological polar surface area (TPSA) is 41.6 Å². The van der Waals surface area contributed by atoms with E-state index in [0.29, 0.717) is 34.7 Å². The standard InChI is InChI=1S/C25H25F3N2O2/c1-16-10-11-19(32-15-18-12-13-30(18)2)14-22(16)24(31)29-23(25(26,27)28)21-9-5-7-17-6-3-4-8-20(17)21/h3-11,14,18,23H,12-13,15H2,1-2H3,(H,29,31). The second-order valence-corrected chi connectivity index (χ2v) is 8.23. The molecule has 1 N–H and O–H groups in total. The van der Waals surface area contributed by atoms with Crippen molar-refractivity contribution in [2.75, 3.05) is 20.2 Å². The van der Waals surface area contributed by atoms with Crippen molar-refractivity contribution in [2.45, 2.75) is 31.6 Å². The summed E-state index contributed by atoms with van der Waals surface area (Å²) in [4.78, 5) is 15.1. The van der Waals surface area contributed by atoms with Gasteiger partial charge in [0.2, 0.25) is 0 Å². The highest BCUT2D eigenvalue weighted by Gasteiger charge is 2.42. The largest absolute Gasteiger partial charge is 0.492 e. The molecule has 1 fully saturated rings. The van der Waals surface area contributed by atoms with Gasteiger partial charge < -0.3 is 10.1 Å². The van der Waals surface area contributed by atoms with Gasteiger partial charge in [-0.1, -0.05) is 48.5 Å². The van der Waals surface area contributed by atoms with Crippen LogP contribution in [0.1, 0.15) is 33.9 Å². The van der Waals surface area contributed by atoms with Crippen LogP contribution in [0.3, 0.4) is 0 Å². The Labute approximate surface area is 185 Å². The lowest BCUT2D eigenvalue weighted by Gasteiger charge is -2.37. The number of hydrogen-bond donors (Lipinski definition) is 1. The fourth-order valence-corrected chi connectivity index (χ4v) is 3.96. The van der Waals surface area contributed by atoms with Crippen LogP contribution in [-0.4, -0.2) is 43.2 Å². The zero-order valence-electron chi connectivity index (χ0n) is 17.9. The Balaban J connectivity index is 1.59. The zero-order chi connectivity index (χ0) is 22.9. The number of likely N-dealkylation sites (tertiary alicyclic amines) is 1. The molecule has 4 rings (SSSR count). The first-order valence-corrected chi connectivity index (χ1v) is 10.5. The predicted octanol–water partition coefficient (Wildman–Crippen LogP) is 5.26. The maximum Gasteiger partial charge on any atom is 0.412 e. The summed E-state index contributed by atoms with van der Waals surface area (Å²) in [5.74, 6) is -0.321. The van der Waals surface area contributed by atoms with E-state index in [1.54, 1.807) is 55.5 Å². The van der Waals surface area contributed by atoms with E-state index in [1.807, 2.05) is 7.05 Å². The lowest BCUT2D eigenvalue weighted by molar-refractivity contribution is -0.154. The molecule has 7 heteroatoms. The highest BCUT2D eigenvalue weighted by molar-refractivity contribution is 5.97. The smallest absolute Gasteiger partial charge is 0.412 e. The molecule has 1 aliphatic heterocycles. The van der Waals surface area contributed by atoms with Crippen LogP contribution in [0.15, 0.2) is 60.7 Å². The van der Waals surface area contributed by atoms with Gasteiger partial charge in [0, 0.05) is 11.6 Å². The van der Waals surface area contributed by atoms with Crippen LogP contribution in [-0.2, 0) is 0 Å². The lowest BCUT2D eigenvalue weighted by atomic mass is 9.97. The number of alkyl halides is 3. The van der Waals surface area contributed by atoms with Crippen molar-refractivity contribution in [2.24, 2.45) is 0 Å². The molecule has 1 heterocycles. The Morgan fingerprint density at radius 2 is 1.91 bits per heavy atom. The fourth-order valence-electron chi connectivity index (χ4n) is 3.96. The van der Waals surface area contributed by atoms with Crippen molar-refractivity contribution in [3.05, 3.63) is 77.4 Å². The molecule has 3 aromatic rings. The highest BCUT2D eigenvalue weighted by Crippen LogP contribution is 2.36. The predicted molar refractivity (Wildman–Crippen MR) is 118 cm³/mol. The first-order chi connectivity index (χ1) is 15.2. The SMILES string of the molecule is Cc1ccc(OCC2CCN2C)cc1C(=O)NC(c1cccc2ccccc12)C(F)(F)F. The minimum Gasteiger partial charge on any atom is -0.492 e. The number of carbonyl (C=O) groups excluding carboxylic acids is 1. The van der Waals surface area contributed by atoms with Crippen molar-refractivity contribution < 1.29 is 22.7 Å². The first kappa shape index (κ1) is 22.1. The van der Waals surface area contributed by atoms with Crippen LogP contribution in [0.4, 0.5) is 13.2 Å². The van der Waals surface area contributed by atoms with Gasteiger partial charge in [0.25, 0.3) is 5.91 Å². The maximum absolute atomic E-state index is 14.0. The van der Waals surface area contributed by atoms with Crippen LogP contribution in [0.2, 0.25) is 0 Å². The van der Waals surface area contributed by atoms with Crippen LogP contribution >= 0.6 is 0 Å². The maximum atomic E-state index is 14.0. The van der Waals surface area contributed by atoms with Gasteiger partial charge in [-0.2, -0.15) is 13.2 Å². The van der Waals surface area contributed by atoms with Gasteiger partial charge in [-0.25, -0.2) is 0 Å². The number of aryl methyl sites for hydroxylation is 1. The summed E-state index contributed by atoms with van der Waals surface area (Å²) in [6.45, 7) is 3.18. The second-order valence-electron chi connectivity index (χ2n) is 8.23. The Kier molecular flexibility index (Phi) is 6.11. The Hall–Kier alpha value is -3.06. The third kappa shape index (κ3) is 4.58. The number of fused-ring (bicyclic) bond motifs is 1. The number of nitrogens with zero attached hydrogens (tertiary/aromatic N) is 1. The number of carbonyl (C=O) groups is 1. The second kappa shape index (κ2) is 8.82. The molecule has 2 atom stereocenters. The normalized spacial score (nSPS) is 17.6. The minimum atomic E-state index is -4.66. The molecular weight excluding hydrogens is 417 g/mol. The van der Waals surface area contributed by atoms with Crippen molar-refractivity contribution >= 4 is 16.7 Å². The zero-order valence-corrected chi connectivity index (χ0v) is 17.9. The van der Waals surface area contributed by atoms with Gasteiger partial charge >= 0.3 is 6.18 Å². The van der Waals surface area contributed by atoms with Gasteiger partial charge in [0.15, 0.2) is 6.04 Å². The van der Waals surface area contributed by atoms with Gasteiger partial charge in [-0.3, -0.25) is 9.69 Å². The molecule has 0 spiro atoms. The summed E-state index contributed by atoms with van der Waals surface area (Å²) in [6.07, 6.45) is -3.62. The van der Waals surface area contributed by atoms with Crippen molar-refractivity contribution in [3.63, 3.8) is 0 Å². The Morgan fingerprint density at radius 1 is 1.16 bits per heavy atom. The van der Waals surface area contributed by atoms with Gasteiger partial charge in [0.05, 0.1) is 0 Å². The van der Waals surface area contributed by atoms with Gasteiger partial charge in [-0.05, 0) is 61.0 Å². The molecule has 4 nitrogen and oxygen atoms in total. The molecule has 0 bridgehead atoms. The molecule has 32 heavy (non-hydrogen) atoms. The van der Waals surface area contributed by atoms with Crippen molar-refractivity contribution in [1.29, 1.82) is 0 Å². The van der Waals surface area contributed by atoms with Crippen molar-refractivity contribution in [1.82, 2.24) is 10.2 Å². The number of rotatable bonds is 6. The molecule has 2 unspecified atom stereocenters. The lowest BCUT2D eigenvalue weighted by Crippen LogP contribution is -2.48. The summed E-state index contributed by atoms with van der Waals surface area (Å²) in [6, 6.07) is 14.7. The molecular formula is C25H25F3N2O2. The highest BCUT2D eigenvalue weighted by atomic mass is 19.4. The fraction of sp³-hybridized carbons (Fsp3) is 0.320. The van der Waals surface area contributed by atoms with E-state index < -0.39 is 18.1 Å². The molecule has 1 saturated heterocycles. The number of hydrogen-bond acceptors (Lipinski definition) is 3. The van der Waals surface area contributed by atoms with Crippen LogP contribution in [0.5, 0.6) is 5.75 Å². The molecule has 0 radical (unpaired) electrons. The van der Waals surface area contributed by atoms with Crippen LogP contribution < -0.4 is 10.1 Å².